The summed E-state index contributed by atoms with van der Waals surface area (Å²) in [6.07, 6.45) is 10.6. The van der Waals surface area contributed by atoms with Crippen LogP contribution in [-0.4, -0.2) is 29.7 Å². The SMILES string of the molecule is CCOC(=O)c1cn(C2CC2)c2c3c(c(F)cc2c1=O)N1CCCC1CC=C3. The van der Waals surface area contributed by atoms with Crippen LogP contribution in [0.1, 0.15) is 61.0 Å². The van der Waals surface area contributed by atoms with Crippen molar-refractivity contribution in [3.63, 3.8) is 0 Å². The van der Waals surface area contributed by atoms with Crippen molar-refractivity contribution in [1.29, 1.82) is 0 Å². The van der Waals surface area contributed by atoms with Crippen molar-refractivity contribution in [2.45, 2.75) is 51.1 Å². The summed E-state index contributed by atoms with van der Waals surface area (Å²) in [5.74, 6) is -1.03. The van der Waals surface area contributed by atoms with Crippen molar-refractivity contribution in [3.05, 3.63) is 45.5 Å². The molecule has 2 aromatic rings. The lowest BCUT2D eigenvalue weighted by atomic mass is 10.0. The number of rotatable bonds is 3. The van der Waals surface area contributed by atoms with E-state index in [9.17, 15) is 9.59 Å². The zero-order valence-electron chi connectivity index (χ0n) is 15.9. The van der Waals surface area contributed by atoms with Gasteiger partial charge in [0.05, 0.1) is 23.2 Å². The van der Waals surface area contributed by atoms with Gasteiger partial charge < -0.3 is 14.2 Å². The number of aromatic nitrogens is 1. The molecule has 0 bridgehead atoms. The van der Waals surface area contributed by atoms with Gasteiger partial charge in [0.2, 0.25) is 5.43 Å². The average molecular weight is 382 g/mol. The summed E-state index contributed by atoms with van der Waals surface area (Å²) >= 11 is 0. The molecule has 0 spiro atoms. The van der Waals surface area contributed by atoms with Crippen LogP contribution in [0, 0.1) is 5.82 Å². The Morgan fingerprint density at radius 1 is 1.29 bits per heavy atom. The van der Waals surface area contributed by atoms with E-state index in [4.69, 9.17) is 4.74 Å². The number of hydrogen-bond donors (Lipinski definition) is 0. The summed E-state index contributed by atoms with van der Waals surface area (Å²) in [5, 5.41) is 0.260. The highest BCUT2D eigenvalue weighted by Crippen LogP contribution is 2.43. The number of esters is 1. The van der Waals surface area contributed by atoms with Crippen molar-refractivity contribution in [3.8, 4) is 0 Å². The molecule has 1 saturated carbocycles. The third kappa shape index (κ3) is 2.58. The van der Waals surface area contributed by atoms with Gasteiger partial charge in [-0.05, 0) is 45.1 Å². The van der Waals surface area contributed by atoms with Gasteiger partial charge in [-0.15, -0.1) is 0 Å². The second-order valence-electron chi connectivity index (χ2n) is 7.88. The molecule has 1 saturated heterocycles. The molecule has 0 amide bonds. The number of halogens is 1. The van der Waals surface area contributed by atoms with Crippen LogP contribution in [-0.2, 0) is 4.74 Å². The second-order valence-corrected chi connectivity index (χ2v) is 7.88. The third-order valence-electron chi connectivity index (χ3n) is 6.07. The summed E-state index contributed by atoms with van der Waals surface area (Å²) in [4.78, 5) is 27.6. The number of hydrogen-bond acceptors (Lipinski definition) is 4. The maximum Gasteiger partial charge on any atom is 0.343 e. The number of anilines is 1. The first-order valence-electron chi connectivity index (χ1n) is 10.1. The first-order valence-corrected chi connectivity index (χ1v) is 10.1. The number of fused-ring (bicyclic) bond motifs is 5. The quantitative estimate of drug-likeness (QED) is 0.752. The number of pyridine rings is 1. The average Bonchev–Trinajstić information content (AvgIpc) is 3.45. The van der Waals surface area contributed by atoms with Gasteiger partial charge in [0.15, 0.2) is 0 Å². The number of benzene rings is 1. The summed E-state index contributed by atoms with van der Waals surface area (Å²) in [6.45, 7) is 2.73. The lowest BCUT2D eigenvalue weighted by molar-refractivity contribution is 0.0524. The van der Waals surface area contributed by atoms with Crippen molar-refractivity contribution in [2.75, 3.05) is 18.1 Å². The fraction of sp³-hybridized carbons (Fsp3) is 0.455. The molecule has 3 aliphatic rings. The third-order valence-corrected chi connectivity index (χ3v) is 6.07. The van der Waals surface area contributed by atoms with Crippen LogP contribution in [0.2, 0.25) is 0 Å². The van der Waals surface area contributed by atoms with Crippen LogP contribution in [0.25, 0.3) is 17.0 Å². The van der Waals surface area contributed by atoms with Gasteiger partial charge in [-0.2, -0.15) is 0 Å². The monoisotopic (exact) mass is 382 g/mol. The lowest BCUT2D eigenvalue weighted by Gasteiger charge is -2.27. The fourth-order valence-corrected chi connectivity index (χ4v) is 4.67. The van der Waals surface area contributed by atoms with Crippen molar-refractivity contribution in [2.24, 2.45) is 0 Å². The van der Waals surface area contributed by atoms with Crippen molar-refractivity contribution >= 4 is 28.6 Å². The Balaban J connectivity index is 1.84. The molecule has 5 rings (SSSR count). The molecule has 3 heterocycles. The van der Waals surface area contributed by atoms with E-state index in [1.807, 2.05) is 10.6 Å². The molecular weight excluding hydrogens is 359 g/mol. The van der Waals surface area contributed by atoms with Crippen LogP contribution in [0.5, 0.6) is 0 Å². The standard InChI is InChI=1S/C22H23FN2O3/c1-2-28-22(27)17-12-25(14-8-9-14)19-15-7-3-5-13-6-4-10-24(13)20(15)18(23)11-16(19)21(17)26/h3,7,11-14H,2,4-6,8-10H2,1H3. The first kappa shape index (κ1) is 17.5. The van der Waals surface area contributed by atoms with Gasteiger partial charge in [-0.25, -0.2) is 9.18 Å². The minimum Gasteiger partial charge on any atom is -0.462 e. The van der Waals surface area contributed by atoms with E-state index >= 15 is 4.39 Å². The van der Waals surface area contributed by atoms with Crippen LogP contribution in [0.15, 0.2) is 23.1 Å². The zero-order chi connectivity index (χ0) is 19.4. The lowest BCUT2D eigenvalue weighted by Crippen LogP contribution is -2.30. The van der Waals surface area contributed by atoms with Gasteiger partial charge in [0.25, 0.3) is 0 Å². The normalized spacial score (nSPS) is 20.8. The Kier molecular flexibility index (Phi) is 4.03. The highest BCUT2D eigenvalue weighted by Gasteiger charge is 2.34. The summed E-state index contributed by atoms with van der Waals surface area (Å²) in [6, 6.07) is 1.87. The molecule has 1 aromatic heterocycles. The minimum atomic E-state index is -0.644. The van der Waals surface area contributed by atoms with E-state index in [-0.39, 0.29) is 29.4 Å². The predicted octanol–water partition coefficient (Wildman–Crippen LogP) is 4.04. The topological polar surface area (TPSA) is 51.5 Å². The van der Waals surface area contributed by atoms with E-state index < -0.39 is 11.4 Å². The summed E-state index contributed by atoms with van der Waals surface area (Å²) in [7, 11) is 0. The van der Waals surface area contributed by atoms with Crippen LogP contribution >= 0.6 is 0 Å². The number of nitrogens with zero attached hydrogens (tertiary/aromatic N) is 2. The van der Waals surface area contributed by atoms with Crippen molar-refractivity contribution in [1.82, 2.24) is 4.57 Å². The smallest absolute Gasteiger partial charge is 0.343 e. The molecule has 6 heteroatoms. The molecule has 1 atom stereocenters. The molecule has 1 unspecified atom stereocenters. The summed E-state index contributed by atoms with van der Waals surface area (Å²) in [5.41, 5.74) is 1.63. The maximum atomic E-state index is 15.3. The highest BCUT2D eigenvalue weighted by molar-refractivity contribution is 5.99. The Bertz CT molecular complexity index is 1070. The molecule has 146 valence electrons. The van der Waals surface area contributed by atoms with Gasteiger partial charge >= 0.3 is 5.97 Å². The Morgan fingerprint density at radius 3 is 2.86 bits per heavy atom. The molecule has 0 radical (unpaired) electrons. The van der Waals surface area contributed by atoms with E-state index in [1.165, 1.54) is 6.07 Å². The van der Waals surface area contributed by atoms with Gasteiger partial charge in [0.1, 0.15) is 11.4 Å². The molecular formula is C22H23FN2O3. The molecule has 1 aliphatic carbocycles. The molecule has 5 nitrogen and oxygen atoms in total. The summed E-state index contributed by atoms with van der Waals surface area (Å²) < 4.78 is 22.4. The van der Waals surface area contributed by atoms with Gasteiger partial charge in [-0.1, -0.05) is 12.2 Å². The van der Waals surface area contributed by atoms with Gasteiger partial charge in [0, 0.05) is 30.4 Å². The molecule has 0 N–H and O–H groups in total. The largest absolute Gasteiger partial charge is 0.462 e. The van der Waals surface area contributed by atoms with E-state index in [2.05, 4.69) is 11.0 Å². The predicted molar refractivity (Wildman–Crippen MR) is 106 cm³/mol. The Morgan fingerprint density at radius 2 is 2.11 bits per heavy atom. The molecule has 1 aromatic carbocycles. The van der Waals surface area contributed by atoms with Crippen LogP contribution < -0.4 is 10.3 Å². The van der Waals surface area contributed by atoms with Crippen LogP contribution in [0.3, 0.4) is 0 Å². The second kappa shape index (κ2) is 6.47. The van der Waals surface area contributed by atoms with Crippen molar-refractivity contribution < 1.29 is 13.9 Å². The van der Waals surface area contributed by atoms with Gasteiger partial charge in [-0.3, -0.25) is 4.79 Å². The number of carbonyl (C=O) groups excluding carboxylic acids is 1. The Labute approximate surface area is 162 Å². The van der Waals surface area contributed by atoms with E-state index in [0.717, 1.165) is 49.7 Å². The van der Waals surface area contributed by atoms with E-state index in [1.54, 1.807) is 13.1 Å². The zero-order valence-corrected chi connectivity index (χ0v) is 15.9. The molecule has 2 aliphatic heterocycles. The number of ether oxygens (including phenoxy) is 1. The minimum absolute atomic E-state index is 0.0164. The number of carbonyl (C=O) groups is 1. The Hall–Kier alpha value is -2.63. The highest BCUT2D eigenvalue weighted by atomic mass is 19.1. The molecule has 28 heavy (non-hydrogen) atoms. The maximum absolute atomic E-state index is 15.3. The fourth-order valence-electron chi connectivity index (χ4n) is 4.67. The van der Waals surface area contributed by atoms with Crippen LogP contribution in [0.4, 0.5) is 10.1 Å². The molecule has 2 fully saturated rings. The first-order chi connectivity index (χ1) is 13.6. The van der Waals surface area contributed by atoms with E-state index in [0.29, 0.717) is 11.7 Å².